The molecular formula is C52H34FN5S. The third-order valence-electron chi connectivity index (χ3n) is 11.2. The highest BCUT2D eigenvalue weighted by molar-refractivity contribution is 7.26. The topological polar surface area (TPSA) is 48.5 Å². The Kier molecular flexibility index (Phi) is 8.34. The highest BCUT2D eigenvalue weighted by Crippen LogP contribution is 2.41. The number of halogens is 1. The molecule has 8 aromatic carbocycles. The predicted molar refractivity (Wildman–Crippen MR) is 245 cm³/mol. The molecule has 0 aliphatic carbocycles. The normalized spacial score (nSPS) is 11.6. The molecule has 0 radical (unpaired) electrons. The van der Waals surface area contributed by atoms with Gasteiger partial charge >= 0.3 is 0 Å². The molecule has 0 aliphatic heterocycles. The molecule has 12 aromatic rings. The zero-order valence-corrected chi connectivity index (χ0v) is 32.7. The summed E-state index contributed by atoms with van der Waals surface area (Å²) in [5.41, 5.74) is 9.89. The minimum absolute atomic E-state index is 0.500. The first-order valence-corrected chi connectivity index (χ1v) is 20.3. The van der Waals surface area contributed by atoms with E-state index in [2.05, 4.69) is 179 Å². The number of nitrogens with zero attached hydrogens (tertiary/aromatic N) is 5. The number of para-hydroxylation sites is 3. The number of hydrogen-bond acceptors (Lipinski definition) is 4. The summed E-state index contributed by atoms with van der Waals surface area (Å²) in [6, 6.07) is 66.7. The minimum atomic E-state index is 0.500. The molecule has 0 spiro atoms. The Bertz CT molecular complexity index is 3530. The van der Waals surface area contributed by atoms with Crippen molar-refractivity contribution in [1.82, 2.24) is 24.1 Å². The Balaban J connectivity index is 0.00000196. The van der Waals surface area contributed by atoms with E-state index in [4.69, 9.17) is 15.0 Å². The van der Waals surface area contributed by atoms with Gasteiger partial charge in [-0.2, -0.15) is 9.97 Å². The van der Waals surface area contributed by atoms with Gasteiger partial charge in [0.2, 0.25) is 5.95 Å². The molecule has 0 saturated carbocycles. The average Bonchev–Trinajstić information content (AvgIpc) is 3.97. The molecule has 4 aromatic heterocycles. The van der Waals surface area contributed by atoms with Crippen molar-refractivity contribution >= 4 is 75.1 Å². The Morgan fingerprint density at radius 1 is 0.390 bits per heavy atom. The summed E-state index contributed by atoms with van der Waals surface area (Å²) in [5.74, 6) is 1.88. The molecule has 4 heterocycles. The van der Waals surface area contributed by atoms with Crippen LogP contribution in [0.1, 0.15) is 0 Å². The van der Waals surface area contributed by atoms with E-state index in [9.17, 15) is 4.39 Å². The van der Waals surface area contributed by atoms with Crippen LogP contribution in [-0.4, -0.2) is 31.3 Å². The van der Waals surface area contributed by atoms with E-state index in [1.165, 1.54) is 47.5 Å². The summed E-state index contributed by atoms with van der Waals surface area (Å²) < 4.78 is 16.5. The maximum Gasteiger partial charge on any atom is 0.238 e. The van der Waals surface area contributed by atoms with Gasteiger partial charge in [-0.25, -0.2) is 4.98 Å². The Morgan fingerprint density at radius 3 is 1.61 bits per heavy atom. The van der Waals surface area contributed by atoms with E-state index in [-0.39, 0.29) is 0 Å². The van der Waals surface area contributed by atoms with E-state index in [0.717, 1.165) is 44.2 Å². The van der Waals surface area contributed by atoms with Gasteiger partial charge in [-0.1, -0.05) is 127 Å². The predicted octanol–water partition coefficient (Wildman–Crippen LogP) is 14.0. The zero-order chi connectivity index (χ0) is 39.5. The lowest BCUT2D eigenvalue weighted by Crippen LogP contribution is -2.06. The van der Waals surface area contributed by atoms with E-state index < -0.39 is 0 Å². The first-order valence-electron chi connectivity index (χ1n) is 19.5. The van der Waals surface area contributed by atoms with Gasteiger partial charge < -0.3 is 4.57 Å². The molecule has 0 unspecified atom stereocenters. The van der Waals surface area contributed by atoms with Gasteiger partial charge in [-0.3, -0.25) is 8.96 Å². The van der Waals surface area contributed by atoms with Crippen molar-refractivity contribution < 1.29 is 4.39 Å². The second-order valence-electron chi connectivity index (χ2n) is 14.4. The molecule has 0 amide bonds. The van der Waals surface area contributed by atoms with Crippen molar-refractivity contribution in [3.63, 3.8) is 0 Å². The van der Waals surface area contributed by atoms with Crippen LogP contribution in [0.4, 0.5) is 4.39 Å². The SMILES string of the molecule is CF.c1ccc(-c2nc(-c3cccc4c3sc3ccccc34)nc(-n3c4ccccc4c4cc(-c5ccc6c(c5)c5ccccc5n6-c5ccccc5)ccc43)n2)cc1. The fraction of sp³-hybridized carbons (Fsp3) is 0.0192. The van der Waals surface area contributed by atoms with Crippen molar-refractivity contribution in [2.45, 2.75) is 0 Å². The van der Waals surface area contributed by atoms with Gasteiger partial charge in [-0.05, 0) is 71.8 Å². The number of alkyl halides is 1. The molecule has 0 aliphatic rings. The van der Waals surface area contributed by atoms with Crippen LogP contribution in [0.15, 0.2) is 188 Å². The molecule has 0 N–H and O–H groups in total. The van der Waals surface area contributed by atoms with Gasteiger partial charge in [0.1, 0.15) is 0 Å². The highest BCUT2D eigenvalue weighted by Gasteiger charge is 2.21. The van der Waals surface area contributed by atoms with Gasteiger partial charge in [0.15, 0.2) is 11.6 Å². The van der Waals surface area contributed by atoms with Crippen LogP contribution in [0.25, 0.3) is 109 Å². The lowest BCUT2D eigenvalue weighted by molar-refractivity contribution is 0.636. The summed E-state index contributed by atoms with van der Waals surface area (Å²) in [4.78, 5) is 15.7. The standard InChI is InChI=1S/C51H31N5S.CH3F/c1-3-14-32(15-4-1)49-52-50(40-22-13-21-39-38-20-9-12-25-47(38)57-48(39)40)54-51(53-49)56-44-24-11-8-19-37(44)42-31-34(27-29-46(42)56)33-26-28-45-41(30-33)36-18-7-10-23-43(36)55(45)35-16-5-2-6-17-35;1-2/h1-31H;1H3. The number of fused-ring (bicyclic) bond motifs is 9. The zero-order valence-electron chi connectivity index (χ0n) is 31.9. The molecule has 0 bridgehead atoms. The van der Waals surface area contributed by atoms with Crippen molar-refractivity contribution in [2.75, 3.05) is 7.18 Å². The molecule has 12 rings (SSSR count). The van der Waals surface area contributed by atoms with Gasteiger partial charge in [0, 0.05) is 58.5 Å². The smallest absolute Gasteiger partial charge is 0.238 e. The van der Waals surface area contributed by atoms with Crippen LogP contribution in [0, 0.1) is 0 Å². The molecular weight excluding hydrogens is 746 g/mol. The Morgan fingerprint density at radius 2 is 0.915 bits per heavy atom. The van der Waals surface area contributed by atoms with E-state index in [0.29, 0.717) is 24.8 Å². The largest absolute Gasteiger partial charge is 0.309 e. The van der Waals surface area contributed by atoms with Crippen molar-refractivity contribution in [2.24, 2.45) is 0 Å². The lowest BCUT2D eigenvalue weighted by atomic mass is 10.0. The van der Waals surface area contributed by atoms with Gasteiger partial charge in [-0.15, -0.1) is 11.3 Å². The summed E-state index contributed by atoms with van der Waals surface area (Å²) in [6.45, 7) is 0. The van der Waals surface area contributed by atoms with Gasteiger partial charge in [0.25, 0.3) is 0 Å². The molecule has 0 fully saturated rings. The molecule has 5 nitrogen and oxygen atoms in total. The fourth-order valence-corrected chi connectivity index (χ4v) is 9.81. The average molecular weight is 780 g/mol. The summed E-state index contributed by atoms with van der Waals surface area (Å²) in [7, 11) is 0.500. The maximum absolute atomic E-state index is 9.50. The fourth-order valence-electron chi connectivity index (χ4n) is 8.60. The van der Waals surface area contributed by atoms with Crippen molar-refractivity contribution in [3.8, 4) is 45.5 Å². The number of hydrogen-bond donors (Lipinski definition) is 0. The van der Waals surface area contributed by atoms with Crippen LogP contribution >= 0.6 is 11.3 Å². The first-order chi connectivity index (χ1) is 29.3. The van der Waals surface area contributed by atoms with Crippen LogP contribution in [0.5, 0.6) is 0 Å². The number of thiophene rings is 1. The van der Waals surface area contributed by atoms with E-state index >= 15 is 0 Å². The molecule has 280 valence electrons. The summed E-state index contributed by atoms with van der Waals surface area (Å²) >= 11 is 1.79. The monoisotopic (exact) mass is 779 g/mol. The third kappa shape index (κ3) is 5.62. The maximum atomic E-state index is 9.50. The molecule has 0 atom stereocenters. The number of rotatable bonds is 5. The van der Waals surface area contributed by atoms with Crippen molar-refractivity contribution in [3.05, 3.63) is 188 Å². The van der Waals surface area contributed by atoms with Crippen molar-refractivity contribution in [1.29, 1.82) is 0 Å². The summed E-state index contributed by atoms with van der Waals surface area (Å²) in [6.07, 6.45) is 0. The quantitative estimate of drug-likeness (QED) is 0.175. The van der Waals surface area contributed by atoms with Crippen LogP contribution in [0.2, 0.25) is 0 Å². The number of benzene rings is 8. The highest BCUT2D eigenvalue weighted by atomic mass is 32.1. The minimum Gasteiger partial charge on any atom is -0.309 e. The molecule has 59 heavy (non-hydrogen) atoms. The number of aromatic nitrogens is 5. The van der Waals surface area contributed by atoms with Crippen LogP contribution in [-0.2, 0) is 0 Å². The second kappa shape index (κ2) is 14.2. The Labute approximate surface area is 342 Å². The first kappa shape index (κ1) is 34.7. The second-order valence-corrected chi connectivity index (χ2v) is 15.5. The van der Waals surface area contributed by atoms with Crippen LogP contribution < -0.4 is 0 Å². The van der Waals surface area contributed by atoms with Gasteiger partial charge in [0.05, 0.1) is 29.2 Å². The Hall–Kier alpha value is -7.48. The molecule has 7 heteroatoms. The lowest BCUT2D eigenvalue weighted by Gasteiger charge is -2.11. The summed E-state index contributed by atoms with van der Waals surface area (Å²) in [5, 5.41) is 7.21. The van der Waals surface area contributed by atoms with Crippen LogP contribution in [0.3, 0.4) is 0 Å². The van der Waals surface area contributed by atoms with E-state index in [1.54, 1.807) is 11.3 Å². The molecule has 0 saturated heterocycles. The third-order valence-corrected chi connectivity index (χ3v) is 12.4. The van der Waals surface area contributed by atoms with E-state index in [1.807, 2.05) is 18.2 Å².